The fourth-order valence-electron chi connectivity index (χ4n) is 12.4. The fourth-order valence-corrected chi connectivity index (χ4v) is 12.4. The lowest BCUT2D eigenvalue weighted by atomic mass is 9.11. The van der Waals surface area contributed by atoms with Crippen molar-refractivity contribution in [2.45, 2.75) is 0 Å². The van der Waals surface area contributed by atoms with E-state index < -0.39 is 0 Å². The number of rotatable bonds is 4. The Balaban J connectivity index is 0.911. The minimum atomic E-state index is -0.0667. The molecular formula is C56H34B4N2O2. The van der Waals surface area contributed by atoms with Crippen molar-refractivity contribution in [1.82, 2.24) is 9.13 Å². The molecular weight excluding hydrogens is 776 g/mol. The highest BCUT2D eigenvalue weighted by molar-refractivity contribution is 7.21. The molecule has 4 nitrogen and oxygen atoms in total. The lowest BCUT2D eigenvalue weighted by Crippen LogP contribution is -2.89. The molecule has 3 aliphatic heterocycles. The van der Waals surface area contributed by atoms with Gasteiger partial charge in [-0.2, -0.15) is 0 Å². The Morgan fingerprint density at radius 1 is 0.250 bits per heavy atom. The molecule has 0 fully saturated rings. The van der Waals surface area contributed by atoms with Crippen LogP contribution in [0.4, 0.5) is 0 Å². The maximum Gasteiger partial charge on any atom is 0.286 e. The van der Waals surface area contributed by atoms with Crippen LogP contribution in [0.5, 0.6) is 0 Å². The van der Waals surface area contributed by atoms with E-state index in [-0.39, 0.29) is 26.9 Å². The van der Waals surface area contributed by atoms with E-state index in [9.17, 15) is 0 Å². The summed E-state index contributed by atoms with van der Waals surface area (Å²) in [4.78, 5) is 0. The predicted molar refractivity (Wildman–Crippen MR) is 270 cm³/mol. The smallest absolute Gasteiger partial charge is 0.286 e. The average molecular weight is 810 g/mol. The molecule has 7 heterocycles. The van der Waals surface area contributed by atoms with Crippen LogP contribution in [0.15, 0.2) is 215 Å². The molecule has 0 spiro atoms. The summed E-state index contributed by atoms with van der Waals surface area (Å²) in [5.74, 6) is 1.66. The zero-order chi connectivity index (χ0) is 41.6. The second kappa shape index (κ2) is 12.9. The van der Waals surface area contributed by atoms with Crippen LogP contribution in [0, 0.1) is 0 Å². The van der Waals surface area contributed by atoms with Crippen LogP contribution in [0.2, 0.25) is 0 Å². The number of aromatic nitrogens is 2. The zero-order valence-electron chi connectivity index (χ0n) is 34.7. The van der Waals surface area contributed by atoms with Crippen molar-refractivity contribution in [3.05, 3.63) is 206 Å². The highest BCUT2D eigenvalue weighted by atomic mass is 16.4. The summed E-state index contributed by atoms with van der Waals surface area (Å²) >= 11 is 0. The summed E-state index contributed by atoms with van der Waals surface area (Å²) in [6, 6.07) is 75.6. The number of benzene rings is 8. The Hall–Kier alpha value is -7.82. The minimum Gasteiger partial charge on any atom is -0.454 e. The van der Waals surface area contributed by atoms with Gasteiger partial charge in [0.25, 0.3) is 13.4 Å². The molecule has 0 radical (unpaired) electrons. The van der Waals surface area contributed by atoms with Gasteiger partial charge in [-0.25, -0.2) is 0 Å². The largest absolute Gasteiger partial charge is 0.454 e. The zero-order valence-corrected chi connectivity index (χ0v) is 34.7. The molecule has 0 saturated heterocycles. The van der Waals surface area contributed by atoms with Crippen LogP contribution in [0.1, 0.15) is 0 Å². The van der Waals surface area contributed by atoms with Gasteiger partial charge < -0.3 is 8.83 Å². The van der Waals surface area contributed by atoms with Gasteiger partial charge in [-0.3, -0.25) is 9.13 Å². The summed E-state index contributed by atoms with van der Waals surface area (Å²) in [5.41, 5.74) is 20.0. The van der Waals surface area contributed by atoms with Crippen LogP contribution >= 0.6 is 0 Å². The van der Waals surface area contributed by atoms with Gasteiger partial charge >= 0.3 is 0 Å². The van der Waals surface area contributed by atoms with Crippen molar-refractivity contribution in [2.24, 2.45) is 0 Å². The van der Waals surface area contributed by atoms with Gasteiger partial charge in [0, 0.05) is 33.7 Å². The maximum atomic E-state index is 7.12. The van der Waals surface area contributed by atoms with Crippen molar-refractivity contribution in [3.8, 4) is 11.8 Å². The molecule has 3 aliphatic rings. The molecule has 8 aromatic carbocycles. The second-order valence-corrected chi connectivity index (χ2v) is 17.8. The van der Waals surface area contributed by atoms with E-state index in [0.717, 1.165) is 45.2 Å². The summed E-state index contributed by atoms with van der Waals surface area (Å²) in [6.07, 6.45) is 0. The third-order valence-corrected chi connectivity index (χ3v) is 14.8. The van der Waals surface area contributed by atoms with Crippen LogP contribution in [0.3, 0.4) is 0 Å². The van der Waals surface area contributed by atoms with E-state index >= 15 is 0 Å². The third kappa shape index (κ3) is 4.52. The van der Waals surface area contributed by atoms with Gasteiger partial charge in [-0.1, -0.05) is 212 Å². The lowest BCUT2D eigenvalue weighted by Gasteiger charge is -2.42. The van der Waals surface area contributed by atoms with E-state index in [1.165, 1.54) is 76.2 Å². The van der Waals surface area contributed by atoms with Crippen molar-refractivity contribution < 1.29 is 8.83 Å². The molecule has 292 valence electrons. The number of hydrogen-bond acceptors (Lipinski definition) is 2. The van der Waals surface area contributed by atoms with Crippen LogP contribution in [-0.4, -0.2) is 36.0 Å². The number of para-hydroxylation sites is 4. The van der Waals surface area contributed by atoms with Crippen molar-refractivity contribution in [3.63, 3.8) is 0 Å². The highest BCUT2D eigenvalue weighted by Crippen LogP contribution is 2.33. The van der Waals surface area contributed by atoms with Crippen molar-refractivity contribution >= 4 is 136 Å². The molecule has 0 atom stereocenters. The third-order valence-electron chi connectivity index (χ3n) is 14.8. The average Bonchev–Trinajstić information content (AvgIpc) is 4.16. The first-order valence-electron chi connectivity index (χ1n) is 22.4. The molecule has 0 saturated carbocycles. The number of furan rings is 2. The molecule has 0 amide bonds. The fraction of sp³-hybridized carbons (Fsp3) is 0. The molecule has 0 N–H and O–H groups in total. The monoisotopic (exact) mass is 810 g/mol. The van der Waals surface area contributed by atoms with Gasteiger partial charge in [0.2, 0.25) is 25.2 Å². The van der Waals surface area contributed by atoms with Gasteiger partial charge in [0.05, 0.1) is 33.4 Å². The molecule has 12 aromatic rings. The molecule has 0 unspecified atom stereocenters. The molecule has 15 rings (SSSR count). The predicted octanol–water partition coefficient (Wildman–Crippen LogP) is 4.07. The molecule has 4 aromatic heterocycles. The standard InChI is InChI=1S/C56H34B4N2O2/c1-9-27-47-35(15-1)36-16-2-10-28-48(36)61(47)53-33-31-51(63-53)57-39-19-5-7-21-41(39)59-46-26-14-24-44-56(46)60(45-25-13-23-43(57)55(45)59)42-22-8-6-20-40(42)58(44)52-32-34-54(64-52)62-49-29-11-3-17-37(49)38-18-4-12-30-50(38)62/h1-34H. The summed E-state index contributed by atoms with van der Waals surface area (Å²) in [5, 5.41) is 4.90. The first kappa shape index (κ1) is 34.7. The molecule has 8 heteroatoms. The normalized spacial score (nSPS) is 13.5. The topological polar surface area (TPSA) is 36.1 Å². The van der Waals surface area contributed by atoms with Crippen LogP contribution in [-0.2, 0) is 0 Å². The summed E-state index contributed by atoms with van der Waals surface area (Å²) in [6.45, 7) is 0.0190. The Morgan fingerprint density at radius 2 is 0.531 bits per heavy atom. The Morgan fingerprint density at radius 3 is 0.891 bits per heavy atom. The number of fused-ring (bicyclic) bond motifs is 12. The lowest BCUT2D eigenvalue weighted by molar-refractivity contribution is 0.575. The van der Waals surface area contributed by atoms with Crippen LogP contribution < -0.4 is 65.9 Å². The Bertz CT molecular complexity index is 3570. The van der Waals surface area contributed by atoms with E-state index in [2.05, 4.69) is 215 Å². The minimum absolute atomic E-state index is 0.0667. The number of hydrogen-bond donors (Lipinski definition) is 0. The van der Waals surface area contributed by atoms with Gasteiger partial charge in [0.15, 0.2) is 0 Å². The SMILES string of the molecule is c1ccc2c(c1)B(c1ccc(-n3c4ccccc4c4ccccc43)o1)c1cccc3c1B2c1cccc2c1B3c1ccccc1B2c1ccc(-n2c3ccccc3c3ccccc32)o1. The second-order valence-electron chi connectivity index (χ2n) is 17.8. The quantitative estimate of drug-likeness (QED) is 0.252. The Labute approximate surface area is 370 Å². The van der Waals surface area contributed by atoms with Crippen LogP contribution in [0.25, 0.3) is 55.4 Å². The van der Waals surface area contributed by atoms with Crippen molar-refractivity contribution in [2.75, 3.05) is 0 Å². The number of nitrogens with zero attached hydrogens (tertiary/aromatic N) is 2. The molecule has 0 bridgehead atoms. The van der Waals surface area contributed by atoms with Gasteiger partial charge in [0.1, 0.15) is 0 Å². The first-order valence-corrected chi connectivity index (χ1v) is 22.4. The highest BCUT2D eigenvalue weighted by Gasteiger charge is 2.51. The van der Waals surface area contributed by atoms with Gasteiger partial charge in [-0.15, -0.1) is 0 Å². The Kier molecular flexibility index (Phi) is 6.98. The van der Waals surface area contributed by atoms with Crippen molar-refractivity contribution in [1.29, 1.82) is 0 Å². The van der Waals surface area contributed by atoms with Gasteiger partial charge in [-0.05, 0) is 36.4 Å². The van der Waals surface area contributed by atoms with E-state index in [1.807, 2.05) is 0 Å². The van der Waals surface area contributed by atoms with E-state index in [1.54, 1.807) is 0 Å². The molecule has 64 heavy (non-hydrogen) atoms. The molecule has 0 aliphatic carbocycles. The maximum absolute atomic E-state index is 7.12. The summed E-state index contributed by atoms with van der Waals surface area (Å²) in [7, 11) is 0. The van der Waals surface area contributed by atoms with E-state index in [4.69, 9.17) is 8.83 Å². The van der Waals surface area contributed by atoms with E-state index in [0.29, 0.717) is 0 Å². The summed E-state index contributed by atoms with van der Waals surface area (Å²) < 4.78 is 18.8. The first-order chi connectivity index (χ1) is 31.8.